The number of hydrogen-bond donors (Lipinski definition) is 0. The summed E-state index contributed by atoms with van der Waals surface area (Å²) < 4.78 is 0. The van der Waals surface area contributed by atoms with E-state index in [1.165, 1.54) is 0 Å². The van der Waals surface area contributed by atoms with Crippen LogP contribution in [0.5, 0.6) is 0 Å². The summed E-state index contributed by atoms with van der Waals surface area (Å²) in [5, 5.41) is 0. The van der Waals surface area contributed by atoms with Crippen LogP contribution in [0.3, 0.4) is 0 Å². The average molecular weight is 112 g/mol. The van der Waals surface area contributed by atoms with E-state index in [0.717, 1.165) is 10.7 Å². The predicted octanol–water partition coefficient (Wildman–Crippen LogP) is 1.89. The molecule has 0 spiro atoms. The topological polar surface area (TPSA) is 0 Å². The van der Waals surface area contributed by atoms with Crippen molar-refractivity contribution in [1.82, 2.24) is 0 Å². The lowest BCUT2D eigenvalue weighted by molar-refractivity contribution is 1.72. The highest BCUT2D eigenvalue weighted by Crippen LogP contribution is 2.08. The van der Waals surface area contributed by atoms with E-state index in [0.29, 0.717) is 0 Å². The molecule has 0 rings (SSSR count). The molecular formula is C6H8S. The molecule has 0 fully saturated rings. The lowest BCUT2D eigenvalue weighted by Gasteiger charge is -1.87. The SMILES string of the molecule is C#CCSC(=C)C. The molecule has 0 aliphatic rings. The Hall–Kier alpha value is -0.350. The zero-order valence-electron chi connectivity index (χ0n) is 4.40. The number of terminal acetylenes is 1. The molecule has 0 aromatic heterocycles. The van der Waals surface area contributed by atoms with Gasteiger partial charge in [0.05, 0.1) is 5.75 Å². The summed E-state index contributed by atoms with van der Waals surface area (Å²) in [6.07, 6.45) is 4.96. The van der Waals surface area contributed by atoms with Gasteiger partial charge in [-0.25, -0.2) is 0 Å². The van der Waals surface area contributed by atoms with Crippen LogP contribution in [0, 0.1) is 12.3 Å². The molecular weight excluding hydrogens is 104 g/mol. The Balaban J connectivity index is 3.02. The van der Waals surface area contributed by atoms with Crippen LogP contribution >= 0.6 is 11.8 Å². The van der Waals surface area contributed by atoms with Crippen molar-refractivity contribution >= 4 is 11.8 Å². The first kappa shape index (κ1) is 6.65. The Labute approximate surface area is 49.0 Å². The Kier molecular flexibility index (Phi) is 3.64. The second-order valence-electron chi connectivity index (χ2n) is 1.19. The van der Waals surface area contributed by atoms with Crippen molar-refractivity contribution in [2.24, 2.45) is 0 Å². The summed E-state index contributed by atoms with van der Waals surface area (Å²) in [6.45, 7) is 5.61. The van der Waals surface area contributed by atoms with Gasteiger partial charge in [0.2, 0.25) is 0 Å². The van der Waals surface area contributed by atoms with E-state index in [4.69, 9.17) is 6.42 Å². The van der Waals surface area contributed by atoms with Gasteiger partial charge in [0.25, 0.3) is 0 Å². The average Bonchev–Trinajstić information content (AvgIpc) is 1.61. The molecule has 0 aliphatic carbocycles. The molecule has 0 N–H and O–H groups in total. The third kappa shape index (κ3) is 5.65. The van der Waals surface area contributed by atoms with Gasteiger partial charge in [0.1, 0.15) is 0 Å². The summed E-state index contributed by atoms with van der Waals surface area (Å²) in [6, 6.07) is 0. The third-order valence-electron chi connectivity index (χ3n) is 0.402. The molecule has 1 heteroatoms. The quantitative estimate of drug-likeness (QED) is 0.491. The fourth-order valence-corrected chi connectivity index (χ4v) is 0.495. The molecule has 0 atom stereocenters. The molecule has 0 saturated heterocycles. The number of hydrogen-bond acceptors (Lipinski definition) is 1. The molecule has 7 heavy (non-hydrogen) atoms. The van der Waals surface area contributed by atoms with Crippen LogP contribution < -0.4 is 0 Å². The smallest absolute Gasteiger partial charge is 0.0588 e. The van der Waals surface area contributed by atoms with Crippen molar-refractivity contribution in [1.29, 1.82) is 0 Å². The number of rotatable bonds is 2. The Bertz CT molecular complexity index is 97.2. The van der Waals surface area contributed by atoms with Crippen LogP contribution in [-0.2, 0) is 0 Å². The molecule has 0 radical (unpaired) electrons. The van der Waals surface area contributed by atoms with Gasteiger partial charge in [0.15, 0.2) is 0 Å². The van der Waals surface area contributed by atoms with Crippen molar-refractivity contribution < 1.29 is 0 Å². The van der Waals surface area contributed by atoms with Gasteiger partial charge in [-0.1, -0.05) is 12.5 Å². The summed E-state index contributed by atoms with van der Waals surface area (Å²) >= 11 is 1.60. The highest BCUT2D eigenvalue weighted by molar-refractivity contribution is 8.03. The highest BCUT2D eigenvalue weighted by atomic mass is 32.2. The zero-order valence-corrected chi connectivity index (χ0v) is 5.22. The first-order valence-electron chi connectivity index (χ1n) is 1.99. The minimum absolute atomic E-state index is 0.745. The summed E-state index contributed by atoms with van der Waals surface area (Å²) in [7, 11) is 0. The maximum absolute atomic E-state index is 4.96. The van der Waals surface area contributed by atoms with Gasteiger partial charge in [0, 0.05) is 0 Å². The zero-order chi connectivity index (χ0) is 5.70. The first-order chi connectivity index (χ1) is 3.27. The fraction of sp³-hybridized carbons (Fsp3) is 0.333. The van der Waals surface area contributed by atoms with E-state index < -0.39 is 0 Å². The predicted molar refractivity (Wildman–Crippen MR) is 36.1 cm³/mol. The summed E-state index contributed by atoms with van der Waals surface area (Å²) in [4.78, 5) is 1.08. The minimum atomic E-state index is 0.745. The van der Waals surface area contributed by atoms with E-state index in [2.05, 4.69) is 12.5 Å². The van der Waals surface area contributed by atoms with Crippen LogP contribution in [0.2, 0.25) is 0 Å². The Morgan fingerprint density at radius 3 is 2.71 bits per heavy atom. The van der Waals surface area contributed by atoms with Gasteiger partial charge >= 0.3 is 0 Å². The summed E-state index contributed by atoms with van der Waals surface area (Å²) in [5.74, 6) is 3.25. The molecule has 0 aliphatic heterocycles. The van der Waals surface area contributed by atoms with E-state index >= 15 is 0 Å². The first-order valence-corrected chi connectivity index (χ1v) is 2.97. The molecule has 0 aromatic carbocycles. The lowest BCUT2D eigenvalue weighted by atomic mass is 10.8. The van der Waals surface area contributed by atoms with E-state index in [1.807, 2.05) is 6.92 Å². The molecule has 38 valence electrons. The molecule has 0 saturated carbocycles. The van der Waals surface area contributed by atoms with Gasteiger partial charge in [-0.15, -0.1) is 18.2 Å². The molecule has 0 amide bonds. The Morgan fingerprint density at radius 2 is 2.57 bits per heavy atom. The molecule has 0 unspecified atom stereocenters. The van der Waals surface area contributed by atoms with Gasteiger partial charge < -0.3 is 0 Å². The van der Waals surface area contributed by atoms with Crippen LogP contribution in [0.4, 0.5) is 0 Å². The third-order valence-corrected chi connectivity index (χ3v) is 1.21. The highest BCUT2D eigenvalue weighted by Gasteiger charge is 1.78. The number of allylic oxidation sites excluding steroid dienone is 1. The van der Waals surface area contributed by atoms with E-state index in [1.54, 1.807) is 11.8 Å². The fourth-order valence-electron chi connectivity index (χ4n) is 0.165. The van der Waals surface area contributed by atoms with Crippen LogP contribution in [-0.4, -0.2) is 5.75 Å². The van der Waals surface area contributed by atoms with Crippen LogP contribution in [0.15, 0.2) is 11.5 Å². The van der Waals surface area contributed by atoms with Crippen molar-refractivity contribution in [2.75, 3.05) is 5.75 Å². The van der Waals surface area contributed by atoms with E-state index in [-0.39, 0.29) is 0 Å². The second kappa shape index (κ2) is 3.83. The lowest BCUT2D eigenvalue weighted by Crippen LogP contribution is -1.66. The van der Waals surface area contributed by atoms with Gasteiger partial charge in [-0.3, -0.25) is 0 Å². The van der Waals surface area contributed by atoms with Crippen LogP contribution in [0.25, 0.3) is 0 Å². The minimum Gasteiger partial charge on any atom is -0.119 e. The van der Waals surface area contributed by atoms with Crippen molar-refractivity contribution in [3.63, 3.8) is 0 Å². The maximum Gasteiger partial charge on any atom is 0.0588 e. The van der Waals surface area contributed by atoms with Gasteiger partial charge in [-0.2, -0.15) is 0 Å². The summed E-state index contributed by atoms with van der Waals surface area (Å²) in [5.41, 5.74) is 0. The van der Waals surface area contributed by atoms with Crippen LogP contribution in [0.1, 0.15) is 6.92 Å². The van der Waals surface area contributed by atoms with Crippen molar-refractivity contribution in [3.05, 3.63) is 11.5 Å². The second-order valence-corrected chi connectivity index (χ2v) is 2.47. The normalized spacial score (nSPS) is 7.43. The van der Waals surface area contributed by atoms with Crippen molar-refractivity contribution in [2.45, 2.75) is 6.92 Å². The molecule has 0 aromatic rings. The monoisotopic (exact) mass is 112 g/mol. The number of thioether (sulfide) groups is 1. The van der Waals surface area contributed by atoms with Gasteiger partial charge in [-0.05, 0) is 11.8 Å². The molecule has 0 heterocycles. The molecule has 0 nitrogen and oxygen atoms in total. The maximum atomic E-state index is 4.96. The molecule has 0 bridgehead atoms. The Morgan fingerprint density at radius 1 is 2.00 bits per heavy atom. The van der Waals surface area contributed by atoms with E-state index in [9.17, 15) is 0 Å². The largest absolute Gasteiger partial charge is 0.119 e. The standard InChI is InChI=1S/C6H8S/c1-4-5-7-6(2)3/h1H,2,5H2,3H3. The van der Waals surface area contributed by atoms with Crippen molar-refractivity contribution in [3.8, 4) is 12.3 Å².